The normalized spacial score (nSPS) is 17.5. The first-order valence-electron chi connectivity index (χ1n) is 12.8. The largest absolute Gasteiger partial charge is 0.490 e. The van der Waals surface area contributed by atoms with E-state index >= 15 is 0 Å². The number of likely N-dealkylation sites (tertiary alicyclic amines) is 1. The summed E-state index contributed by atoms with van der Waals surface area (Å²) >= 11 is 3.50. The standard InChI is InChI=1S/C29H35BrN4O3/c1-21-23(18-31-33(21)3)12-13-28(35)34-15-14-27(37-26-11-7-10-25(30)17-26)24(20-34)16-29(36)32(2)19-22-8-5-4-6-9-22/h4-11,17-18,24,27H,12-16,19-20H2,1-3H3/t24-,27-/m0/s1. The van der Waals surface area contributed by atoms with Crippen molar-refractivity contribution in [3.63, 3.8) is 0 Å². The van der Waals surface area contributed by atoms with E-state index in [1.54, 1.807) is 4.90 Å². The Hall–Kier alpha value is -3.13. The molecule has 1 aliphatic heterocycles. The van der Waals surface area contributed by atoms with E-state index in [0.29, 0.717) is 45.3 Å². The van der Waals surface area contributed by atoms with Gasteiger partial charge in [-0.15, -0.1) is 0 Å². The van der Waals surface area contributed by atoms with Crippen molar-refractivity contribution >= 4 is 27.7 Å². The van der Waals surface area contributed by atoms with Gasteiger partial charge in [0, 0.05) is 69.1 Å². The van der Waals surface area contributed by atoms with Crippen LogP contribution in [0.1, 0.15) is 36.1 Å². The third kappa shape index (κ3) is 7.22. The van der Waals surface area contributed by atoms with Gasteiger partial charge in [0.05, 0.1) is 6.20 Å². The zero-order valence-corrected chi connectivity index (χ0v) is 23.4. The number of hydrogen-bond acceptors (Lipinski definition) is 4. The monoisotopic (exact) mass is 566 g/mol. The molecule has 1 saturated heterocycles. The van der Waals surface area contributed by atoms with Crippen molar-refractivity contribution in [3.05, 3.63) is 82.1 Å². The number of piperidine rings is 1. The van der Waals surface area contributed by atoms with Crippen LogP contribution in [0.2, 0.25) is 0 Å². The van der Waals surface area contributed by atoms with E-state index < -0.39 is 0 Å². The summed E-state index contributed by atoms with van der Waals surface area (Å²) in [7, 11) is 3.74. The first-order valence-corrected chi connectivity index (χ1v) is 13.5. The van der Waals surface area contributed by atoms with Crippen LogP contribution < -0.4 is 4.74 Å². The van der Waals surface area contributed by atoms with Crippen LogP contribution in [-0.4, -0.2) is 57.6 Å². The second-order valence-electron chi connectivity index (χ2n) is 9.82. The van der Waals surface area contributed by atoms with Crippen LogP contribution >= 0.6 is 15.9 Å². The number of ether oxygens (including phenoxy) is 1. The molecule has 0 radical (unpaired) electrons. The molecule has 7 nitrogen and oxygen atoms in total. The summed E-state index contributed by atoms with van der Waals surface area (Å²) in [5, 5.41) is 4.28. The summed E-state index contributed by atoms with van der Waals surface area (Å²) in [6.07, 6.45) is 3.80. The first kappa shape index (κ1) is 26.9. The van der Waals surface area contributed by atoms with E-state index in [-0.39, 0.29) is 23.8 Å². The molecular weight excluding hydrogens is 532 g/mol. The molecule has 8 heteroatoms. The smallest absolute Gasteiger partial charge is 0.223 e. The van der Waals surface area contributed by atoms with Crippen molar-refractivity contribution in [2.24, 2.45) is 13.0 Å². The first-order chi connectivity index (χ1) is 17.8. The lowest BCUT2D eigenvalue weighted by molar-refractivity contribution is -0.138. The van der Waals surface area contributed by atoms with Gasteiger partial charge in [-0.25, -0.2) is 0 Å². The fourth-order valence-corrected chi connectivity index (χ4v) is 5.20. The third-order valence-electron chi connectivity index (χ3n) is 7.17. The number of carbonyl (C=O) groups excluding carboxylic acids is 2. The Bertz CT molecular complexity index is 1210. The number of nitrogens with zero attached hydrogens (tertiary/aromatic N) is 4. The Balaban J connectivity index is 1.42. The molecule has 1 aliphatic rings. The van der Waals surface area contributed by atoms with Crippen LogP contribution in [0.4, 0.5) is 0 Å². The third-order valence-corrected chi connectivity index (χ3v) is 7.66. The predicted octanol–water partition coefficient (Wildman–Crippen LogP) is 4.77. The highest BCUT2D eigenvalue weighted by molar-refractivity contribution is 9.10. The highest BCUT2D eigenvalue weighted by Gasteiger charge is 2.35. The zero-order chi connectivity index (χ0) is 26.4. The average Bonchev–Trinajstić information content (AvgIpc) is 3.21. The lowest BCUT2D eigenvalue weighted by atomic mass is 9.90. The number of carbonyl (C=O) groups is 2. The molecule has 2 heterocycles. The van der Waals surface area contributed by atoms with Gasteiger partial charge in [-0.2, -0.15) is 5.10 Å². The van der Waals surface area contributed by atoms with Crippen LogP contribution in [0.5, 0.6) is 5.75 Å². The van der Waals surface area contributed by atoms with E-state index in [1.807, 2.05) is 91.4 Å². The fraction of sp³-hybridized carbons (Fsp3) is 0.414. The molecule has 196 valence electrons. The highest BCUT2D eigenvalue weighted by Crippen LogP contribution is 2.28. The van der Waals surface area contributed by atoms with Gasteiger partial charge < -0.3 is 14.5 Å². The molecule has 2 amide bonds. The maximum atomic E-state index is 13.2. The summed E-state index contributed by atoms with van der Waals surface area (Å²) in [4.78, 5) is 30.1. The minimum Gasteiger partial charge on any atom is -0.490 e. The summed E-state index contributed by atoms with van der Waals surface area (Å²) in [6.45, 7) is 3.70. The number of rotatable bonds is 9. The lowest BCUT2D eigenvalue weighted by Gasteiger charge is -2.39. The molecule has 0 unspecified atom stereocenters. The van der Waals surface area contributed by atoms with Crippen LogP contribution in [0.3, 0.4) is 0 Å². The minimum atomic E-state index is -0.145. The Labute approximate surface area is 227 Å². The fourth-order valence-electron chi connectivity index (χ4n) is 4.82. The van der Waals surface area contributed by atoms with Crippen molar-refractivity contribution in [1.82, 2.24) is 19.6 Å². The van der Waals surface area contributed by atoms with E-state index in [1.165, 1.54) is 0 Å². The topological polar surface area (TPSA) is 67.7 Å². The molecule has 0 spiro atoms. The number of aryl methyl sites for hydroxylation is 2. The minimum absolute atomic E-state index is 0.0528. The Kier molecular flexibility index (Phi) is 9.03. The highest BCUT2D eigenvalue weighted by atomic mass is 79.9. The molecule has 0 saturated carbocycles. The lowest BCUT2D eigenvalue weighted by Crippen LogP contribution is -2.49. The quantitative estimate of drug-likeness (QED) is 0.374. The molecule has 3 aromatic rings. The average molecular weight is 568 g/mol. The van der Waals surface area contributed by atoms with Crippen LogP contribution in [0, 0.1) is 12.8 Å². The molecule has 0 bridgehead atoms. The van der Waals surface area contributed by atoms with E-state index in [4.69, 9.17) is 4.74 Å². The summed E-state index contributed by atoms with van der Waals surface area (Å²) in [6, 6.07) is 17.7. The summed E-state index contributed by atoms with van der Waals surface area (Å²) < 4.78 is 9.15. The maximum absolute atomic E-state index is 13.2. The molecule has 2 aromatic carbocycles. The van der Waals surface area contributed by atoms with Gasteiger partial charge in [0.25, 0.3) is 0 Å². The van der Waals surface area contributed by atoms with Crippen molar-refractivity contribution in [2.75, 3.05) is 20.1 Å². The number of halogens is 1. The Morgan fingerprint density at radius 1 is 1.16 bits per heavy atom. The van der Waals surface area contributed by atoms with Crippen molar-refractivity contribution in [2.45, 2.75) is 45.3 Å². The van der Waals surface area contributed by atoms with Gasteiger partial charge in [-0.1, -0.05) is 52.3 Å². The zero-order valence-electron chi connectivity index (χ0n) is 21.8. The molecule has 37 heavy (non-hydrogen) atoms. The van der Waals surface area contributed by atoms with Crippen molar-refractivity contribution in [1.29, 1.82) is 0 Å². The maximum Gasteiger partial charge on any atom is 0.223 e. The molecule has 4 rings (SSSR count). The number of amides is 2. The molecular formula is C29H35BrN4O3. The van der Waals surface area contributed by atoms with Gasteiger partial charge in [-0.05, 0) is 42.7 Å². The van der Waals surface area contributed by atoms with Crippen molar-refractivity contribution < 1.29 is 14.3 Å². The van der Waals surface area contributed by atoms with Gasteiger partial charge in [0.1, 0.15) is 11.9 Å². The van der Waals surface area contributed by atoms with Crippen LogP contribution in [0.15, 0.2) is 65.3 Å². The SMILES string of the molecule is Cc1c(CCC(=O)N2CC[C@H](Oc3cccc(Br)c3)[C@@H](CC(=O)N(C)Cc3ccccc3)C2)cnn1C. The van der Waals surface area contributed by atoms with E-state index in [0.717, 1.165) is 27.0 Å². The summed E-state index contributed by atoms with van der Waals surface area (Å²) in [5.74, 6) is 0.833. The number of benzene rings is 2. The van der Waals surface area contributed by atoms with Gasteiger partial charge in [-0.3, -0.25) is 14.3 Å². The second-order valence-corrected chi connectivity index (χ2v) is 10.7. The molecule has 1 aromatic heterocycles. The Morgan fingerprint density at radius 3 is 2.65 bits per heavy atom. The van der Waals surface area contributed by atoms with Gasteiger partial charge >= 0.3 is 0 Å². The van der Waals surface area contributed by atoms with E-state index in [2.05, 4.69) is 21.0 Å². The van der Waals surface area contributed by atoms with E-state index in [9.17, 15) is 9.59 Å². The summed E-state index contributed by atoms with van der Waals surface area (Å²) in [5.41, 5.74) is 3.27. The molecule has 0 N–H and O–H groups in total. The predicted molar refractivity (Wildman–Crippen MR) is 147 cm³/mol. The molecule has 1 fully saturated rings. The molecule has 0 aliphatic carbocycles. The molecule has 2 atom stereocenters. The van der Waals surface area contributed by atoms with Crippen LogP contribution in [-0.2, 0) is 29.6 Å². The van der Waals surface area contributed by atoms with Gasteiger partial charge in [0.2, 0.25) is 11.8 Å². The number of aromatic nitrogens is 2. The Morgan fingerprint density at radius 2 is 1.95 bits per heavy atom. The van der Waals surface area contributed by atoms with Gasteiger partial charge in [0.15, 0.2) is 0 Å². The van der Waals surface area contributed by atoms with Crippen LogP contribution in [0.25, 0.3) is 0 Å². The van der Waals surface area contributed by atoms with Crippen molar-refractivity contribution in [3.8, 4) is 5.75 Å². The number of hydrogen-bond donors (Lipinski definition) is 0. The second kappa shape index (κ2) is 12.4.